The fraction of sp³-hybridized carbons (Fsp3) is 0.500. The Morgan fingerprint density at radius 1 is 0.822 bits per heavy atom. The van der Waals surface area contributed by atoms with Crippen LogP contribution in [0.15, 0.2) is 59.0 Å². The number of nitrogens with zero attached hydrogens (tertiary/aromatic N) is 1. The fourth-order valence-corrected chi connectivity index (χ4v) is 10.3. The van der Waals surface area contributed by atoms with Gasteiger partial charge in [-0.15, -0.1) is 45.8 Å². The molecule has 1 N–H and O–H groups in total. The van der Waals surface area contributed by atoms with Gasteiger partial charge in [-0.2, -0.15) is 0 Å². The summed E-state index contributed by atoms with van der Waals surface area (Å²) >= 11 is 9.05. The molecule has 0 amide bonds. The third-order valence-electron chi connectivity index (χ3n) is 7.93. The molecule has 3 aromatic heterocycles. The van der Waals surface area contributed by atoms with Gasteiger partial charge in [-0.25, -0.2) is 9.12 Å². The van der Waals surface area contributed by atoms with Gasteiger partial charge in [0.15, 0.2) is 0 Å². The van der Waals surface area contributed by atoms with E-state index < -0.39 is 0 Å². The molecule has 3 heterocycles. The zero-order chi connectivity index (χ0) is 32.3. The summed E-state index contributed by atoms with van der Waals surface area (Å²) in [5.74, 6) is 0. The minimum absolute atomic E-state index is 1.11. The molecule has 3 rings (SSSR count). The Morgan fingerprint density at radius 3 is 2.16 bits per heavy atom. The van der Waals surface area contributed by atoms with Crippen molar-refractivity contribution in [2.75, 3.05) is 13.3 Å². The lowest BCUT2D eigenvalue weighted by Gasteiger charge is -2.08. The standard InChI is InChI=1S/C38H54N2S5/c1-7-10-12-14-16-18-21-29(4)37(41-6)34-25-23-32(42-34)33-24-26-35(43-33)38-30(22-19-17-15-13-11-8-2)27-36(44-38)31(20-9-3)28-40-45-39-5/h9,20,23-28,39H,3,7-8,10-19,21-22H2,1-2,4-6H3/b31-20+,37-29+,40-28?. The maximum atomic E-state index is 4.48. The molecule has 0 spiro atoms. The molecule has 0 aliphatic heterocycles. The van der Waals surface area contributed by atoms with Gasteiger partial charge in [0.2, 0.25) is 0 Å². The summed E-state index contributed by atoms with van der Waals surface area (Å²) in [4.78, 5) is 9.67. The molecular formula is C38H54N2S5. The van der Waals surface area contributed by atoms with Crippen LogP contribution in [0.5, 0.6) is 0 Å². The van der Waals surface area contributed by atoms with Crippen molar-refractivity contribution >= 4 is 74.6 Å². The highest BCUT2D eigenvalue weighted by Gasteiger charge is 2.17. The second-order valence-electron chi connectivity index (χ2n) is 11.5. The Hall–Kier alpha value is -1.35. The Kier molecular flexibility index (Phi) is 18.8. The summed E-state index contributed by atoms with van der Waals surface area (Å²) in [6.45, 7) is 10.9. The summed E-state index contributed by atoms with van der Waals surface area (Å²) in [6, 6.07) is 11.8. The van der Waals surface area contributed by atoms with Gasteiger partial charge < -0.3 is 0 Å². The Morgan fingerprint density at radius 2 is 1.47 bits per heavy atom. The van der Waals surface area contributed by atoms with E-state index in [2.05, 4.69) is 79.1 Å². The van der Waals surface area contributed by atoms with Gasteiger partial charge in [-0.3, -0.25) is 0 Å². The molecule has 0 bridgehead atoms. The monoisotopic (exact) mass is 698 g/mol. The van der Waals surface area contributed by atoms with Crippen molar-refractivity contribution in [1.29, 1.82) is 0 Å². The first kappa shape index (κ1) is 38.1. The van der Waals surface area contributed by atoms with Crippen molar-refractivity contribution in [2.24, 2.45) is 4.40 Å². The van der Waals surface area contributed by atoms with Crippen molar-refractivity contribution in [1.82, 2.24) is 4.72 Å². The Bertz CT molecular complexity index is 1370. The number of thiophene rings is 3. The van der Waals surface area contributed by atoms with Crippen LogP contribution in [0.4, 0.5) is 0 Å². The van der Waals surface area contributed by atoms with E-state index in [1.165, 1.54) is 135 Å². The normalized spacial score (nSPS) is 12.8. The van der Waals surface area contributed by atoms with Gasteiger partial charge in [-0.1, -0.05) is 102 Å². The van der Waals surface area contributed by atoms with Crippen molar-refractivity contribution in [3.63, 3.8) is 0 Å². The number of nitrogens with one attached hydrogen (secondary N) is 1. The minimum Gasteiger partial charge on any atom is -0.247 e. The average Bonchev–Trinajstić information content (AvgIpc) is 3.81. The summed E-state index contributed by atoms with van der Waals surface area (Å²) in [5.41, 5.74) is 4.12. The van der Waals surface area contributed by atoms with Crippen LogP contribution in [0, 0.1) is 0 Å². The van der Waals surface area contributed by atoms with Gasteiger partial charge >= 0.3 is 0 Å². The van der Waals surface area contributed by atoms with E-state index in [-0.39, 0.29) is 0 Å². The zero-order valence-electron chi connectivity index (χ0n) is 28.2. The summed E-state index contributed by atoms with van der Waals surface area (Å²) in [7, 11) is 1.89. The van der Waals surface area contributed by atoms with Crippen LogP contribution in [-0.4, -0.2) is 19.5 Å². The van der Waals surface area contributed by atoms with Crippen LogP contribution in [0.3, 0.4) is 0 Å². The molecule has 45 heavy (non-hydrogen) atoms. The van der Waals surface area contributed by atoms with Gasteiger partial charge in [0, 0.05) is 46.0 Å². The molecule has 0 aromatic carbocycles. The molecule has 0 unspecified atom stereocenters. The molecule has 0 aliphatic carbocycles. The maximum absolute atomic E-state index is 4.48. The van der Waals surface area contributed by atoms with Gasteiger partial charge in [0.1, 0.15) is 0 Å². The highest BCUT2D eigenvalue weighted by molar-refractivity contribution is 8.07. The molecule has 246 valence electrons. The highest BCUT2D eigenvalue weighted by Crippen LogP contribution is 2.45. The second-order valence-corrected chi connectivity index (χ2v) is 16.4. The van der Waals surface area contributed by atoms with E-state index in [9.17, 15) is 0 Å². The van der Waals surface area contributed by atoms with Crippen molar-refractivity contribution < 1.29 is 0 Å². The molecule has 0 atom stereocenters. The third kappa shape index (κ3) is 12.6. The number of rotatable bonds is 23. The number of thioether (sulfide) groups is 1. The van der Waals surface area contributed by atoms with E-state index in [1.807, 2.05) is 65.1 Å². The first-order chi connectivity index (χ1) is 22.1. The molecule has 7 heteroatoms. The van der Waals surface area contributed by atoms with Crippen LogP contribution in [0.1, 0.15) is 120 Å². The predicted molar refractivity (Wildman–Crippen MR) is 215 cm³/mol. The second kappa shape index (κ2) is 22.3. The summed E-state index contributed by atoms with van der Waals surface area (Å²) in [5, 5.41) is 0. The molecule has 0 saturated carbocycles. The summed E-state index contributed by atoms with van der Waals surface area (Å²) in [6.07, 6.45) is 26.4. The van der Waals surface area contributed by atoms with Gasteiger partial charge in [0.05, 0.1) is 12.1 Å². The molecule has 3 aromatic rings. The number of allylic oxidation sites excluding steroid dienone is 4. The Labute approximate surface area is 295 Å². The predicted octanol–water partition coefficient (Wildman–Crippen LogP) is 14.4. The van der Waals surface area contributed by atoms with Crippen molar-refractivity contribution in [2.45, 2.75) is 111 Å². The minimum atomic E-state index is 1.11. The van der Waals surface area contributed by atoms with Crippen LogP contribution in [0.2, 0.25) is 0 Å². The quantitative estimate of drug-likeness (QED) is 0.0462. The number of aryl methyl sites for hydroxylation is 1. The van der Waals surface area contributed by atoms with Crippen LogP contribution in [-0.2, 0) is 6.42 Å². The van der Waals surface area contributed by atoms with Gasteiger partial charge in [-0.05, 0) is 81.8 Å². The maximum Gasteiger partial charge on any atom is 0.0583 e. The SMILES string of the molecule is C=C/C=C(\C=NSNC)c1cc(CCCCCCCC)c(-c2ccc(-c3ccc(/C(SC)=C(/C)CCCCCCCC)s3)s2)s1. The van der Waals surface area contributed by atoms with Crippen molar-refractivity contribution in [3.8, 4) is 19.5 Å². The largest absolute Gasteiger partial charge is 0.247 e. The average molecular weight is 699 g/mol. The summed E-state index contributed by atoms with van der Waals surface area (Å²) < 4.78 is 7.51. The molecule has 0 fully saturated rings. The molecule has 2 nitrogen and oxygen atoms in total. The first-order valence-electron chi connectivity index (χ1n) is 16.8. The highest BCUT2D eigenvalue weighted by atomic mass is 32.2. The van der Waals surface area contributed by atoms with Crippen molar-refractivity contribution in [3.05, 3.63) is 70.0 Å². The third-order valence-corrected chi connectivity index (χ3v) is 13.2. The van der Waals surface area contributed by atoms with E-state index in [0.29, 0.717) is 0 Å². The molecule has 0 saturated heterocycles. The van der Waals surface area contributed by atoms with Gasteiger partial charge in [0.25, 0.3) is 0 Å². The first-order valence-corrected chi connectivity index (χ1v) is 21.3. The van der Waals surface area contributed by atoms with Crippen LogP contribution >= 0.6 is 57.9 Å². The number of hydrogen-bond acceptors (Lipinski definition) is 7. The van der Waals surface area contributed by atoms with E-state index in [1.54, 1.807) is 5.57 Å². The zero-order valence-corrected chi connectivity index (χ0v) is 32.3. The van der Waals surface area contributed by atoms with E-state index >= 15 is 0 Å². The van der Waals surface area contributed by atoms with Crippen LogP contribution in [0.25, 0.3) is 30.0 Å². The van der Waals surface area contributed by atoms with E-state index in [0.717, 1.165) is 12.0 Å². The number of hydrogen-bond donors (Lipinski definition) is 1. The molecule has 0 aliphatic rings. The fourth-order valence-electron chi connectivity index (χ4n) is 5.47. The lowest BCUT2D eigenvalue weighted by molar-refractivity contribution is 0.607. The lowest BCUT2D eigenvalue weighted by atomic mass is 10.0. The molecule has 0 radical (unpaired) electrons. The van der Waals surface area contributed by atoms with E-state index in [4.69, 9.17) is 0 Å². The smallest absolute Gasteiger partial charge is 0.0583 e. The number of unbranched alkanes of at least 4 members (excludes halogenated alkanes) is 10. The Balaban J connectivity index is 1.82. The topological polar surface area (TPSA) is 24.4 Å². The lowest BCUT2D eigenvalue weighted by Crippen LogP contribution is -1.88. The van der Waals surface area contributed by atoms with Crippen LogP contribution < -0.4 is 4.72 Å². The molecular weight excluding hydrogens is 645 g/mol.